The van der Waals surface area contributed by atoms with Crippen molar-refractivity contribution in [3.63, 3.8) is 0 Å². The molecule has 1 aromatic heterocycles. The molecule has 4 nitrogen and oxygen atoms in total. The first-order valence-corrected chi connectivity index (χ1v) is 5.96. The molecule has 0 radical (unpaired) electrons. The molecule has 0 aliphatic heterocycles. The summed E-state index contributed by atoms with van der Waals surface area (Å²) in [6.07, 6.45) is -3.67. The number of rotatable bonds is 3. The van der Waals surface area contributed by atoms with Crippen molar-refractivity contribution in [1.82, 2.24) is 9.97 Å². The van der Waals surface area contributed by atoms with Crippen molar-refractivity contribution < 1.29 is 13.2 Å². The van der Waals surface area contributed by atoms with Gasteiger partial charge in [-0.3, -0.25) is 0 Å². The van der Waals surface area contributed by atoms with Gasteiger partial charge in [-0.15, -0.1) is 0 Å². The number of halogens is 3. The summed E-state index contributed by atoms with van der Waals surface area (Å²) >= 11 is 0. The third-order valence-electron chi connectivity index (χ3n) is 2.67. The Morgan fingerprint density at radius 2 is 1.80 bits per heavy atom. The van der Waals surface area contributed by atoms with Gasteiger partial charge in [-0.2, -0.15) is 18.2 Å². The van der Waals surface area contributed by atoms with E-state index in [9.17, 15) is 13.2 Å². The van der Waals surface area contributed by atoms with Crippen LogP contribution in [0.5, 0.6) is 0 Å². The van der Waals surface area contributed by atoms with Gasteiger partial charge in [0.15, 0.2) is 5.69 Å². The van der Waals surface area contributed by atoms with Crippen LogP contribution in [-0.2, 0) is 12.6 Å². The third-order valence-corrected chi connectivity index (χ3v) is 2.67. The van der Waals surface area contributed by atoms with E-state index in [2.05, 4.69) is 15.3 Å². The molecule has 0 unspecified atom stereocenters. The largest absolute Gasteiger partial charge is 0.433 e. The molecule has 0 spiro atoms. The second-order valence-corrected chi connectivity index (χ2v) is 4.17. The molecule has 0 aliphatic carbocycles. The maximum Gasteiger partial charge on any atom is 0.433 e. The van der Waals surface area contributed by atoms with Crippen molar-refractivity contribution in [2.45, 2.75) is 19.5 Å². The Morgan fingerprint density at radius 1 is 1.15 bits per heavy atom. The molecule has 7 heteroatoms. The number of hydrogen-bond donors (Lipinski definition) is 2. The number of benzene rings is 1. The molecule has 1 aromatic carbocycles. The van der Waals surface area contributed by atoms with E-state index in [0.717, 1.165) is 18.1 Å². The maximum absolute atomic E-state index is 12.6. The Hall–Kier alpha value is -2.31. The van der Waals surface area contributed by atoms with Crippen LogP contribution in [0.1, 0.15) is 18.2 Å². The number of aromatic nitrogens is 2. The van der Waals surface area contributed by atoms with Crippen LogP contribution in [0.2, 0.25) is 0 Å². The predicted octanol–water partition coefficient (Wildman–Crippen LogP) is 3.38. The van der Waals surface area contributed by atoms with E-state index in [-0.39, 0.29) is 5.82 Å². The number of nitrogen functional groups attached to an aromatic ring is 1. The number of alkyl halides is 3. The number of anilines is 3. The maximum atomic E-state index is 12.6. The van der Waals surface area contributed by atoms with E-state index < -0.39 is 17.8 Å². The first-order valence-electron chi connectivity index (χ1n) is 5.96. The monoisotopic (exact) mass is 282 g/mol. The van der Waals surface area contributed by atoms with Crippen molar-refractivity contribution in [3.8, 4) is 0 Å². The summed E-state index contributed by atoms with van der Waals surface area (Å²) < 4.78 is 37.8. The number of aryl methyl sites for hydroxylation is 1. The minimum absolute atomic E-state index is 0.00840. The molecular weight excluding hydrogens is 269 g/mol. The summed E-state index contributed by atoms with van der Waals surface area (Å²) in [4.78, 5) is 6.92. The first-order chi connectivity index (χ1) is 9.38. The van der Waals surface area contributed by atoms with Crippen LogP contribution in [0.15, 0.2) is 30.3 Å². The molecule has 3 N–H and O–H groups in total. The van der Waals surface area contributed by atoms with Crippen molar-refractivity contribution >= 4 is 17.5 Å². The second kappa shape index (κ2) is 5.36. The highest BCUT2D eigenvalue weighted by molar-refractivity contribution is 5.57. The van der Waals surface area contributed by atoms with Crippen LogP contribution in [0.4, 0.5) is 30.6 Å². The summed E-state index contributed by atoms with van der Waals surface area (Å²) in [6.45, 7) is 2.02. The molecule has 0 bridgehead atoms. The summed E-state index contributed by atoms with van der Waals surface area (Å²) in [7, 11) is 0. The van der Waals surface area contributed by atoms with E-state index in [0.29, 0.717) is 5.69 Å². The van der Waals surface area contributed by atoms with Crippen LogP contribution in [0.25, 0.3) is 0 Å². The molecular formula is C13H13F3N4. The Labute approximate surface area is 113 Å². The van der Waals surface area contributed by atoms with Gasteiger partial charge in [-0.25, -0.2) is 4.98 Å². The first kappa shape index (κ1) is 14.1. The topological polar surface area (TPSA) is 63.8 Å². The Morgan fingerprint density at radius 3 is 2.35 bits per heavy atom. The lowest BCUT2D eigenvalue weighted by atomic mass is 10.1. The number of nitrogens with one attached hydrogen (secondary N) is 1. The summed E-state index contributed by atoms with van der Waals surface area (Å²) in [5, 5.41) is 2.78. The average molecular weight is 282 g/mol. The van der Waals surface area contributed by atoms with Crippen LogP contribution in [-0.4, -0.2) is 9.97 Å². The van der Waals surface area contributed by atoms with Gasteiger partial charge in [0.25, 0.3) is 0 Å². The van der Waals surface area contributed by atoms with E-state index in [4.69, 9.17) is 5.73 Å². The summed E-state index contributed by atoms with van der Waals surface area (Å²) in [6, 6.07) is 8.13. The van der Waals surface area contributed by atoms with Gasteiger partial charge in [-0.1, -0.05) is 19.1 Å². The van der Waals surface area contributed by atoms with Crippen molar-refractivity contribution in [2.24, 2.45) is 0 Å². The molecule has 0 fully saturated rings. The van der Waals surface area contributed by atoms with Gasteiger partial charge in [0.05, 0.1) is 0 Å². The second-order valence-electron chi connectivity index (χ2n) is 4.17. The lowest BCUT2D eigenvalue weighted by molar-refractivity contribution is -0.141. The molecule has 2 rings (SSSR count). The summed E-state index contributed by atoms with van der Waals surface area (Å²) in [5.41, 5.74) is 5.99. The zero-order chi connectivity index (χ0) is 14.8. The van der Waals surface area contributed by atoms with Crippen LogP contribution in [0, 0.1) is 0 Å². The number of hydrogen-bond acceptors (Lipinski definition) is 4. The van der Waals surface area contributed by atoms with Crippen LogP contribution in [0.3, 0.4) is 0 Å². The SMILES string of the molecule is CCc1ccc(Nc2cc(C(F)(F)F)nc(N)n2)cc1. The van der Waals surface area contributed by atoms with Gasteiger partial charge < -0.3 is 11.1 Å². The molecule has 0 saturated heterocycles. The number of nitrogens with zero attached hydrogens (tertiary/aromatic N) is 2. The zero-order valence-electron chi connectivity index (χ0n) is 10.7. The smallest absolute Gasteiger partial charge is 0.368 e. The van der Waals surface area contributed by atoms with Gasteiger partial charge in [0.2, 0.25) is 5.95 Å². The molecule has 0 aliphatic rings. The van der Waals surface area contributed by atoms with Gasteiger partial charge >= 0.3 is 6.18 Å². The molecule has 2 aromatic rings. The van der Waals surface area contributed by atoms with E-state index in [1.54, 1.807) is 12.1 Å². The fourth-order valence-corrected chi connectivity index (χ4v) is 1.65. The molecule has 106 valence electrons. The fourth-order valence-electron chi connectivity index (χ4n) is 1.65. The lowest BCUT2D eigenvalue weighted by Gasteiger charge is -2.10. The number of nitrogens with two attached hydrogens (primary N) is 1. The summed E-state index contributed by atoms with van der Waals surface area (Å²) in [5.74, 6) is -0.415. The van der Waals surface area contributed by atoms with Crippen LogP contribution >= 0.6 is 0 Å². The minimum atomic E-state index is -4.56. The Balaban J connectivity index is 2.26. The zero-order valence-corrected chi connectivity index (χ0v) is 10.7. The molecule has 1 heterocycles. The van der Waals surface area contributed by atoms with Crippen molar-refractivity contribution in [2.75, 3.05) is 11.1 Å². The lowest BCUT2D eigenvalue weighted by Crippen LogP contribution is -2.12. The van der Waals surface area contributed by atoms with E-state index in [1.807, 2.05) is 19.1 Å². The third kappa shape index (κ3) is 3.37. The molecule has 0 amide bonds. The highest BCUT2D eigenvalue weighted by atomic mass is 19.4. The van der Waals surface area contributed by atoms with Crippen molar-refractivity contribution in [3.05, 3.63) is 41.6 Å². The Bertz CT molecular complexity index is 594. The highest BCUT2D eigenvalue weighted by Gasteiger charge is 2.33. The van der Waals surface area contributed by atoms with Gasteiger partial charge in [-0.05, 0) is 24.1 Å². The van der Waals surface area contributed by atoms with Crippen molar-refractivity contribution in [1.29, 1.82) is 0 Å². The highest BCUT2D eigenvalue weighted by Crippen LogP contribution is 2.29. The molecule has 0 atom stereocenters. The quantitative estimate of drug-likeness (QED) is 0.905. The fraction of sp³-hybridized carbons (Fsp3) is 0.231. The predicted molar refractivity (Wildman–Crippen MR) is 70.5 cm³/mol. The van der Waals surface area contributed by atoms with E-state index in [1.165, 1.54) is 0 Å². The standard InChI is InChI=1S/C13H13F3N4/c1-2-8-3-5-9(6-4-8)18-11-7-10(13(14,15)16)19-12(17)20-11/h3-7H,2H2,1H3,(H3,17,18,19,20). The molecule has 20 heavy (non-hydrogen) atoms. The van der Waals surface area contributed by atoms with Crippen LogP contribution < -0.4 is 11.1 Å². The molecule has 0 saturated carbocycles. The minimum Gasteiger partial charge on any atom is -0.368 e. The Kier molecular flexibility index (Phi) is 3.78. The van der Waals surface area contributed by atoms with Gasteiger partial charge in [0, 0.05) is 11.8 Å². The van der Waals surface area contributed by atoms with Gasteiger partial charge in [0.1, 0.15) is 5.82 Å². The normalized spacial score (nSPS) is 11.4. The average Bonchev–Trinajstić information content (AvgIpc) is 2.38. The van der Waals surface area contributed by atoms with E-state index >= 15 is 0 Å².